The topological polar surface area (TPSA) is 38.3 Å². The van der Waals surface area contributed by atoms with Crippen LogP contribution in [0.5, 0.6) is 5.75 Å². The highest BCUT2D eigenvalue weighted by atomic mass is 79.9. The number of carbonyl (C=O) groups is 1. The number of amides is 1. The summed E-state index contributed by atoms with van der Waals surface area (Å²) in [6.07, 6.45) is 0. The van der Waals surface area contributed by atoms with Crippen LogP contribution in [0.15, 0.2) is 40.9 Å². The average molecular weight is 404 g/mol. The molecule has 25 heavy (non-hydrogen) atoms. The van der Waals surface area contributed by atoms with Crippen LogP contribution in [-0.4, -0.2) is 12.5 Å². The molecule has 0 atom stereocenters. The largest absolute Gasteiger partial charge is 0.483 e. The van der Waals surface area contributed by atoms with Crippen LogP contribution >= 0.6 is 15.9 Å². The van der Waals surface area contributed by atoms with Crippen molar-refractivity contribution >= 4 is 27.5 Å². The Hall–Kier alpha value is -1.81. The zero-order valence-corrected chi connectivity index (χ0v) is 17.1. The van der Waals surface area contributed by atoms with Gasteiger partial charge in [0.05, 0.1) is 0 Å². The molecule has 1 amide bonds. The third kappa shape index (κ3) is 5.08. The summed E-state index contributed by atoms with van der Waals surface area (Å²) < 4.78 is 6.89. The second-order valence-electron chi connectivity index (χ2n) is 6.87. The van der Waals surface area contributed by atoms with Gasteiger partial charge in [-0.3, -0.25) is 4.79 Å². The lowest BCUT2D eigenvalue weighted by Gasteiger charge is -2.17. The van der Waals surface area contributed by atoms with Crippen LogP contribution in [0.2, 0.25) is 0 Å². The second-order valence-corrected chi connectivity index (χ2v) is 7.73. The Kier molecular flexibility index (Phi) is 6.65. The molecule has 0 heterocycles. The Morgan fingerprint density at radius 1 is 1.08 bits per heavy atom. The monoisotopic (exact) mass is 403 g/mol. The number of rotatable bonds is 6. The molecular weight excluding hydrogens is 378 g/mol. The van der Waals surface area contributed by atoms with Gasteiger partial charge < -0.3 is 10.1 Å². The minimum absolute atomic E-state index is 0.00672. The molecule has 2 aromatic carbocycles. The molecular formula is C21H26BrNO2. The van der Waals surface area contributed by atoms with Gasteiger partial charge in [-0.25, -0.2) is 0 Å². The molecule has 3 nitrogen and oxygen atoms in total. The molecule has 2 aromatic rings. The number of carbonyl (C=O) groups excluding carboxylic acids is 1. The maximum absolute atomic E-state index is 12.3. The first kappa shape index (κ1) is 19.5. The van der Waals surface area contributed by atoms with E-state index >= 15 is 0 Å². The number of ether oxygens (including phenoxy) is 1. The van der Waals surface area contributed by atoms with Gasteiger partial charge in [0, 0.05) is 10.2 Å². The van der Waals surface area contributed by atoms with Gasteiger partial charge in [-0.1, -0.05) is 61.8 Å². The van der Waals surface area contributed by atoms with Crippen molar-refractivity contribution < 1.29 is 9.53 Å². The molecule has 4 heteroatoms. The van der Waals surface area contributed by atoms with Crippen molar-refractivity contribution in [1.82, 2.24) is 0 Å². The lowest BCUT2D eigenvalue weighted by molar-refractivity contribution is -0.118. The summed E-state index contributed by atoms with van der Waals surface area (Å²) in [4.78, 5) is 12.3. The minimum Gasteiger partial charge on any atom is -0.483 e. The van der Waals surface area contributed by atoms with Crippen molar-refractivity contribution in [3.63, 3.8) is 0 Å². The molecule has 0 aliphatic carbocycles. The maximum atomic E-state index is 12.3. The quantitative estimate of drug-likeness (QED) is 0.639. The van der Waals surface area contributed by atoms with Gasteiger partial charge >= 0.3 is 0 Å². The van der Waals surface area contributed by atoms with Gasteiger partial charge in [0.25, 0.3) is 5.91 Å². The number of aryl methyl sites for hydroxylation is 1. The normalized spacial score (nSPS) is 11.0. The van der Waals surface area contributed by atoms with Crippen LogP contribution < -0.4 is 10.1 Å². The van der Waals surface area contributed by atoms with Crippen molar-refractivity contribution in [2.45, 2.75) is 46.5 Å². The van der Waals surface area contributed by atoms with E-state index in [0.29, 0.717) is 11.8 Å². The van der Waals surface area contributed by atoms with Crippen molar-refractivity contribution in [1.29, 1.82) is 0 Å². The fourth-order valence-electron chi connectivity index (χ4n) is 2.69. The third-order valence-electron chi connectivity index (χ3n) is 4.13. The maximum Gasteiger partial charge on any atom is 0.262 e. The van der Waals surface area contributed by atoms with E-state index in [9.17, 15) is 4.79 Å². The number of para-hydroxylation sites is 1. The van der Waals surface area contributed by atoms with E-state index < -0.39 is 0 Å². The minimum atomic E-state index is -0.150. The Balaban J connectivity index is 2.10. The second kappa shape index (κ2) is 8.52. The summed E-state index contributed by atoms with van der Waals surface area (Å²) in [6, 6.07) is 11.9. The molecule has 0 unspecified atom stereocenters. The molecule has 2 rings (SSSR count). The summed E-state index contributed by atoms with van der Waals surface area (Å²) in [5.41, 5.74) is 4.15. The highest BCUT2D eigenvalue weighted by Gasteiger charge is 2.14. The number of hydrogen-bond donors (Lipinski definition) is 1. The van der Waals surface area contributed by atoms with Crippen LogP contribution in [0.25, 0.3) is 0 Å². The van der Waals surface area contributed by atoms with Gasteiger partial charge in [0.15, 0.2) is 6.61 Å². The van der Waals surface area contributed by atoms with Gasteiger partial charge in [-0.05, 0) is 53.6 Å². The highest BCUT2D eigenvalue weighted by Crippen LogP contribution is 2.32. The number of nitrogens with one attached hydrogen (secondary N) is 1. The molecule has 0 saturated heterocycles. The Morgan fingerprint density at radius 3 is 2.36 bits per heavy atom. The van der Waals surface area contributed by atoms with Gasteiger partial charge in [0.1, 0.15) is 5.75 Å². The highest BCUT2D eigenvalue weighted by molar-refractivity contribution is 9.10. The van der Waals surface area contributed by atoms with Crippen LogP contribution in [0.4, 0.5) is 5.69 Å². The molecule has 0 aliphatic heterocycles. The fourth-order valence-corrected chi connectivity index (χ4v) is 3.05. The standard InChI is InChI=1S/C21H26BrNO2/c1-13(2)16-8-6-7-9-19(16)23-21(24)12-25-20-10-15(5)18(22)11-17(20)14(3)4/h6-11,13-14H,12H2,1-5H3,(H,23,24). The van der Waals surface area contributed by atoms with E-state index in [0.717, 1.165) is 32.6 Å². The molecule has 1 N–H and O–H groups in total. The van der Waals surface area contributed by atoms with Gasteiger partial charge in [-0.2, -0.15) is 0 Å². The van der Waals surface area contributed by atoms with E-state index in [1.807, 2.05) is 37.3 Å². The molecule has 0 aromatic heterocycles. The molecule has 0 saturated carbocycles. The lowest BCUT2D eigenvalue weighted by Crippen LogP contribution is -2.21. The van der Waals surface area contributed by atoms with Gasteiger partial charge in [0.2, 0.25) is 0 Å². The molecule has 0 bridgehead atoms. The van der Waals surface area contributed by atoms with Crippen LogP contribution in [-0.2, 0) is 4.79 Å². The summed E-state index contributed by atoms with van der Waals surface area (Å²) in [6.45, 7) is 10.5. The summed E-state index contributed by atoms with van der Waals surface area (Å²) in [7, 11) is 0. The zero-order valence-electron chi connectivity index (χ0n) is 15.5. The van der Waals surface area contributed by atoms with E-state index in [1.165, 1.54) is 0 Å². The summed E-state index contributed by atoms with van der Waals surface area (Å²) >= 11 is 3.56. The Morgan fingerprint density at radius 2 is 1.72 bits per heavy atom. The predicted octanol–water partition coefficient (Wildman–Crippen LogP) is 6.02. The number of halogens is 1. The SMILES string of the molecule is Cc1cc(OCC(=O)Nc2ccccc2C(C)C)c(C(C)C)cc1Br. The van der Waals surface area contributed by atoms with Crippen LogP contribution in [0.3, 0.4) is 0 Å². The zero-order chi connectivity index (χ0) is 18.6. The molecule has 0 fully saturated rings. The van der Waals surface area contributed by atoms with Crippen molar-refractivity contribution in [3.8, 4) is 5.75 Å². The van der Waals surface area contributed by atoms with Crippen molar-refractivity contribution in [2.24, 2.45) is 0 Å². The Bertz CT molecular complexity index is 754. The van der Waals surface area contributed by atoms with Crippen LogP contribution in [0.1, 0.15) is 56.2 Å². The summed E-state index contributed by atoms with van der Waals surface area (Å²) in [5.74, 6) is 1.28. The van der Waals surface area contributed by atoms with E-state index in [4.69, 9.17) is 4.74 Å². The average Bonchev–Trinajstić information content (AvgIpc) is 2.55. The lowest BCUT2D eigenvalue weighted by atomic mass is 10.0. The van der Waals surface area contributed by atoms with E-state index in [1.54, 1.807) is 0 Å². The number of anilines is 1. The molecule has 134 valence electrons. The van der Waals surface area contributed by atoms with Crippen molar-refractivity contribution in [3.05, 3.63) is 57.6 Å². The predicted molar refractivity (Wildman–Crippen MR) is 108 cm³/mol. The van der Waals surface area contributed by atoms with Crippen LogP contribution in [0, 0.1) is 6.92 Å². The van der Waals surface area contributed by atoms with E-state index in [2.05, 4.69) is 55.0 Å². The molecule has 0 spiro atoms. The number of hydrogen-bond acceptors (Lipinski definition) is 2. The summed E-state index contributed by atoms with van der Waals surface area (Å²) in [5, 5.41) is 2.96. The Labute approximate surface area is 158 Å². The number of benzene rings is 2. The molecule has 0 radical (unpaired) electrons. The first-order valence-electron chi connectivity index (χ1n) is 8.61. The van der Waals surface area contributed by atoms with E-state index in [-0.39, 0.29) is 12.5 Å². The smallest absolute Gasteiger partial charge is 0.262 e. The first-order chi connectivity index (χ1) is 11.8. The van der Waals surface area contributed by atoms with Gasteiger partial charge in [-0.15, -0.1) is 0 Å². The third-order valence-corrected chi connectivity index (χ3v) is 4.98. The first-order valence-corrected chi connectivity index (χ1v) is 9.40. The molecule has 0 aliphatic rings. The van der Waals surface area contributed by atoms with Crippen molar-refractivity contribution in [2.75, 3.05) is 11.9 Å². The fraction of sp³-hybridized carbons (Fsp3) is 0.381.